The topological polar surface area (TPSA) is 78.4 Å². The Kier molecular flexibility index (Phi) is 21.1. The molecule has 1 aromatic heterocycles. The smallest absolute Gasteiger partial charge is 0.488 e. The normalized spacial score (nSPS) is 17.7. The monoisotopic (exact) mass is 964 g/mol. The zero-order valence-corrected chi connectivity index (χ0v) is 41.2. The molecular formula is C52H78F5N5O4S. The van der Waals surface area contributed by atoms with Crippen LogP contribution in [0.15, 0.2) is 46.3 Å². The molecule has 3 saturated heterocycles. The Morgan fingerprint density at radius 3 is 1.60 bits per heavy atom. The van der Waals surface area contributed by atoms with Gasteiger partial charge in [0.2, 0.25) is 9.84 Å². The van der Waals surface area contributed by atoms with Crippen LogP contribution >= 0.6 is 0 Å². The lowest BCUT2D eigenvalue weighted by atomic mass is 9.99. The summed E-state index contributed by atoms with van der Waals surface area (Å²) in [7, 11) is -4.65. The number of fused-ring (bicyclic) bond motifs is 1. The molecule has 0 atom stereocenters. The summed E-state index contributed by atoms with van der Waals surface area (Å²) >= 11 is 0. The maximum atomic E-state index is 15.6. The predicted octanol–water partition coefficient (Wildman–Crippen LogP) is 12.7. The van der Waals surface area contributed by atoms with Crippen molar-refractivity contribution in [1.29, 1.82) is 0 Å². The van der Waals surface area contributed by atoms with Gasteiger partial charge in [-0.2, -0.15) is 0 Å². The zero-order chi connectivity index (χ0) is 47.7. The maximum absolute atomic E-state index is 15.6. The molecule has 0 saturated carbocycles. The van der Waals surface area contributed by atoms with Crippen LogP contribution in [-0.4, -0.2) is 112 Å². The molecule has 0 N–H and O–H groups in total. The van der Waals surface area contributed by atoms with Crippen molar-refractivity contribution >= 4 is 26.4 Å². The third kappa shape index (κ3) is 15.9. The number of halogens is 5. The van der Waals surface area contributed by atoms with Crippen LogP contribution in [-0.2, 0) is 9.84 Å². The van der Waals surface area contributed by atoms with E-state index in [1.165, 1.54) is 109 Å². The molecule has 0 amide bonds. The summed E-state index contributed by atoms with van der Waals surface area (Å²) < 4.78 is 110. The van der Waals surface area contributed by atoms with E-state index in [1.807, 2.05) is 4.90 Å². The number of anilines is 1. The minimum absolute atomic E-state index is 0.0871. The Morgan fingerprint density at radius 1 is 0.642 bits per heavy atom. The molecule has 0 radical (unpaired) electrons. The molecule has 67 heavy (non-hydrogen) atoms. The van der Waals surface area contributed by atoms with E-state index >= 15 is 8.78 Å². The third-order valence-corrected chi connectivity index (χ3v) is 16.2. The standard InChI is InChI=1S/C52H78F5N5O4S/c1-3-5-6-7-8-9-10-11-12-13-14-15-16-17-18-19-20-21-36-65-51-46(53)38-44(39-47(51)54)67(63,64)49-40-58-48-23-22-43(66-52(55,56)57)37-45(48)50(49)62-30-26-42(27-31-62)61-34-32-60(33-35-61)41-24-28-59(4-2)29-25-41/h22-23,37-42H,3-21,24-36H2,1-2H3. The number of rotatable bonds is 27. The highest BCUT2D eigenvalue weighted by Gasteiger charge is 2.36. The number of nitrogens with zero attached hydrogens (tertiary/aromatic N) is 5. The Hall–Kier alpha value is -3.27. The van der Waals surface area contributed by atoms with Crippen molar-refractivity contribution < 1.29 is 39.8 Å². The molecular weight excluding hydrogens is 886 g/mol. The van der Waals surface area contributed by atoms with Gasteiger partial charge in [0, 0.05) is 62.9 Å². The first kappa shape index (κ1) is 53.1. The molecule has 0 aliphatic carbocycles. The van der Waals surface area contributed by atoms with Gasteiger partial charge in [-0.1, -0.05) is 123 Å². The van der Waals surface area contributed by atoms with Crippen molar-refractivity contribution in [3.8, 4) is 11.5 Å². The van der Waals surface area contributed by atoms with Crippen LogP contribution in [0.25, 0.3) is 10.9 Å². The van der Waals surface area contributed by atoms with Gasteiger partial charge in [0.05, 0.1) is 22.7 Å². The van der Waals surface area contributed by atoms with Gasteiger partial charge in [-0.25, -0.2) is 17.2 Å². The molecule has 376 valence electrons. The Balaban J connectivity index is 1.01. The SMILES string of the molecule is CCCCCCCCCCCCCCCCCCCCOc1c(F)cc(S(=O)(=O)c2cnc3ccc(OC(F)(F)F)cc3c2N2CCC(N3CCN(C4CCN(CC)CC4)CC3)CC2)cc1F. The summed E-state index contributed by atoms with van der Waals surface area (Å²) in [5, 5.41) is 0.134. The van der Waals surface area contributed by atoms with E-state index in [0.29, 0.717) is 38.4 Å². The summed E-state index contributed by atoms with van der Waals surface area (Å²) in [5.41, 5.74) is 0.390. The number of alkyl halides is 3. The lowest BCUT2D eigenvalue weighted by Gasteiger charge is -2.46. The number of piperazine rings is 1. The van der Waals surface area contributed by atoms with Gasteiger partial charge >= 0.3 is 6.36 Å². The minimum Gasteiger partial charge on any atom is -0.488 e. The molecule has 3 fully saturated rings. The van der Waals surface area contributed by atoms with Gasteiger partial charge in [-0.05, 0) is 82.1 Å². The molecule has 15 heteroatoms. The number of unbranched alkanes of at least 4 members (excludes halogenated alkanes) is 17. The van der Waals surface area contributed by atoms with Crippen LogP contribution in [0.3, 0.4) is 0 Å². The number of ether oxygens (including phenoxy) is 2. The first-order valence-corrected chi connectivity index (χ1v) is 27.4. The average Bonchev–Trinajstić information content (AvgIpc) is 3.32. The van der Waals surface area contributed by atoms with Crippen molar-refractivity contribution in [2.45, 2.75) is 183 Å². The molecule has 3 aromatic rings. The van der Waals surface area contributed by atoms with Gasteiger partial charge in [-0.15, -0.1) is 13.2 Å². The van der Waals surface area contributed by atoms with E-state index in [0.717, 1.165) is 95.5 Å². The van der Waals surface area contributed by atoms with E-state index in [2.05, 4.69) is 38.3 Å². The Bertz CT molecular complexity index is 2030. The second kappa shape index (κ2) is 26.6. The number of likely N-dealkylation sites (tertiary alicyclic amines) is 1. The van der Waals surface area contributed by atoms with Crippen LogP contribution in [0.2, 0.25) is 0 Å². The molecule has 4 heterocycles. The van der Waals surface area contributed by atoms with Gasteiger partial charge in [-0.3, -0.25) is 14.8 Å². The fraction of sp³-hybridized carbons (Fsp3) is 0.712. The fourth-order valence-corrected chi connectivity index (χ4v) is 12.0. The highest BCUT2D eigenvalue weighted by atomic mass is 32.2. The predicted molar refractivity (Wildman–Crippen MR) is 258 cm³/mol. The van der Waals surface area contributed by atoms with E-state index in [9.17, 15) is 21.6 Å². The van der Waals surface area contributed by atoms with E-state index < -0.39 is 44.2 Å². The second-order valence-electron chi connectivity index (χ2n) is 19.2. The lowest BCUT2D eigenvalue weighted by molar-refractivity contribution is -0.274. The van der Waals surface area contributed by atoms with Crippen molar-refractivity contribution in [2.24, 2.45) is 0 Å². The quantitative estimate of drug-likeness (QED) is 0.0548. The van der Waals surface area contributed by atoms with Crippen molar-refractivity contribution in [2.75, 3.05) is 70.4 Å². The molecule has 0 unspecified atom stereocenters. The van der Waals surface area contributed by atoms with Crippen molar-refractivity contribution in [3.63, 3.8) is 0 Å². The zero-order valence-electron chi connectivity index (χ0n) is 40.4. The number of aromatic nitrogens is 1. The summed E-state index contributed by atoms with van der Waals surface area (Å²) in [5.74, 6) is -3.46. The van der Waals surface area contributed by atoms with Gasteiger partial charge in [0.15, 0.2) is 17.4 Å². The summed E-state index contributed by atoms with van der Waals surface area (Å²) in [6.45, 7) is 12.6. The first-order chi connectivity index (χ1) is 32.4. The van der Waals surface area contributed by atoms with Crippen molar-refractivity contribution in [1.82, 2.24) is 19.7 Å². The number of pyridine rings is 1. The molecule has 0 spiro atoms. The fourth-order valence-electron chi connectivity index (χ4n) is 10.5. The molecule has 6 rings (SSSR count). The lowest BCUT2D eigenvalue weighted by Crippen LogP contribution is -2.56. The van der Waals surface area contributed by atoms with Crippen LogP contribution in [0.4, 0.5) is 27.6 Å². The van der Waals surface area contributed by atoms with Crippen molar-refractivity contribution in [3.05, 3.63) is 48.2 Å². The van der Waals surface area contributed by atoms with Gasteiger partial charge < -0.3 is 19.3 Å². The second-order valence-corrected chi connectivity index (χ2v) is 21.1. The van der Waals surface area contributed by atoms with Crippen LogP contribution in [0.5, 0.6) is 11.5 Å². The van der Waals surface area contributed by atoms with Crippen LogP contribution in [0, 0.1) is 11.6 Å². The number of hydrogen-bond donors (Lipinski definition) is 0. The van der Waals surface area contributed by atoms with Gasteiger partial charge in [0.25, 0.3) is 0 Å². The van der Waals surface area contributed by atoms with Gasteiger partial charge in [0.1, 0.15) is 10.6 Å². The van der Waals surface area contributed by atoms with Crippen LogP contribution in [0.1, 0.15) is 155 Å². The highest BCUT2D eigenvalue weighted by molar-refractivity contribution is 7.91. The summed E-state index contributed by atoms with van der Waals surface area (Å²) in [4.78, 5) is 12.8. The molecule has 3 aliphatic rings. The molecule has 9 nitrogen and oxygen atoms in total. The molecule has 0 bridgehead atoms. The molecule has 3 aliphatic heterocycles. The summed E-state index contributed by atoms with van der Waals surface area (Å²) in [6, 6.07) is 5.97. The number of hydrogen-bond acceptors (Lipinski definition) is 9. The third-order valence-electron chi connectivity index (χ3n) is 14.5. The average molecular weight is 964 g/mol. The number of sulfone groups is 1. The maximum Gasteiger partial charge on any atom is 0.573 e. The first-order valence-electron chi connectivity index (χ1n) is 25.9. The Labute approximate surface area is 398 Å². The number of piperidine rings is 2. The minimum atomic E-state index is -4.98. The van der Waals surface area contributed by atoms with E-state index in [1.54, 1.807) is 0 Å². The van der Waals surface area contributed by atoms with Crippen LogP contribution < -0.4 is 14.4 Å². The summed E-state index contributed by atoms with van der Waals surface area (Å²) in [6.07, 6.45) is 22.0. The Morgan fingerprint density at radius 2 is 1.12 bits per heavy atom. The number of benzene rings is 2. The van der Waals surface area contributed by atoms with E-state index in [4.69, 9.17) is 4.74 Å². The highest BCUT2D eigenvalue weighted by Crippen LogP contribution is 2.41. The molecule has 2 aromatic carbocycles. The van der Waals surface area contributed by atoms with E-state index in [-0.39, 0.29) is 34.1 Å². The largest absolute Gasteiger partial charge is 0.573 e.